The summed E-state index contributed by atoms with van der Waals surface area (Å²) in [5.74, 6) is 0.752. The smallest absolute Gasteiger partial charge is 0.197 e. The van der Waals surface area contributed by atoms with Crippen molar-refractivity contribution in [1.29, 1.82) is 0 Å². The largest absolute Gasteiger partial charge is 0.440 e. The zero-order valence-electron chi connectivity index (χ0n) is 12.1. The van der Waals surface area contributed by atoms with Crippen LogP contribution in [0.15, 0.2) is 16.5 Å². The number of piperazine rings is 1. The minimum Gasteiger partial charge on any atom is -0.440 e. The molecule has 1 saturated heterocycles. The second-order valence-corrected chi connectivity index (χ2v) is 5.20. The summed E-state index contributed by atoms with van der Waals surface area (Å²) in [5, 5.41) is 3.37. The van der Waals surface area contributed by atoms with E-state index in [1.54, 1.807) is 7.11 Å². The summed E-state index contributed by atoms with van der Waals surface area (Å²) in [6, 6.07) is 4.33. The Kier molecular flexibility index (Phi) is 3.89. The van der Waals surface area contributed by atoms with Crippen molar-refractivity contribution >= 4 is 16.8 Å². The Hall–Kier alpha value is -1.59. The Morgan fingerprint density at radius 2 is 2.15 bits per heavy atom. The van der Waals surface area contributed by atoms with Crippen LogP contribution in [0, 0.1) is 6.92 Å². The van der Waals surface area contributed by atoms with Gasteiger partial charge in [0.15, 0.2) is 11.5 Å². The third kappa shape index (κ3) is 2.64. The number of nitrogens with zero attached hydrogens (tertiary/aromatic N) is 2. The van der Waals surface area contributed by atoms with E-state index in [-0.39, 0.29) is 0 Å². The summed E-state index contributed by atoms with van der Waals surface area (Å²) in [5.41, 5.74) is 4.23. The van der Waals surface area contributed by atoms with E-state index in [0.717, 1.165) is 48.7 Å². The average Bonchev–Trinajstić information content (AvgIpc) is 2.89. The first-order valence-electron chi connectivity index (χ1n) is 7.12. The molecule has 1 aromatic heterocycles. The van der Waals surface area contributed by atoms with E-state index < -0.39 is 0 Å². The molecule has 1 fully saturated rings. The molecule has 5 nitrogen and oxygen atoms in total. The van der Waals surface area contributed by atoms with Gasteiger partial charge in [-0.25, -0.2) is 4.98 Å². The summed E-state index contributed by atoms with van der Waals surface area (Å²) in [6.07, 6.45) is 0.716. The normalized spacial score (nSPS) is 16.0. The fourth-order valence-electron chi connectivity index (χ4n) is 2.63. The fraction of sp³-hybridized carbons (Fsp3) is 0.533. The molecule has 3 rings (SSSR count). The first kappa shape index (κ1) is 13.4. The van der Waals surface area contributed by atoms with Gasteiger partial charge in [-0.1, -0.05) is 0 Å². The Balaban J connectivity index is 1.91. The lowest BCUT2D eigenvalue weighted by Crippen LogP contribution is -2.43. The number of nitrogens with one attached hydrogen (secondary N) is 1. The van der Waals surface area contributed by atoms with Gasteiger partial charge in [-0.3, -0.25) is 0 Å². The third-order valence-corrected chi connectivity index (χ3v) is 3.71. The quantitative estimate of drug-likeness (QED) is 0.921. The Bertz CT molecular complexity index is 588. The molecule has 1 N–H and O–H groups in total. The topological polar surface area (TPSA) is 50.5 Å². The highest BCUT2D eigenvalue weighted by atomic mass is 16.5. The number of anilines is 1. The number of hydrogen-bond donors (Lipinski definition) is 1. The van der Waals surface area contributed by atoms with Gasteiger partial charge in [0.25, 0.3) is 0 Å². The first-order valence-corrected chi connectivity index (χ1v) is 7.12. The van der Waals surface area contributed by atoms with Crippen molar-refractivity contribution in [1.82, 2.24) is 10.3 Å². The Morgan fingerprint density at radius 3 is 2.90 bits per heavy atom. The molecule has 0 aliphatic carbocycles. The standard InChI is InChI=1S/C15H21N3O2/c1-11-9-12(18-6-4-16-5-7-18)10-13-15(11)20-14(17-13)3-8-19-2/h9-10,16H,3-8H2,1-2H3. The molecule has 0 radical (unpaired) electrons. The van der Waals surface area contributed by atoms with Crippen molar-refractivity contribution in [3.8, 4) is 0 Å². The summed E-state index contributed by atoms with van der Waals surface area (Å²) in [6.45, 7) is 6.87. The number of methoxy groups -OCH3 is 1. The van der Waals surface area contributed by atoms with E-state index in [0.29, 0.717) is 13.0 Å². The van der Waals surface area contributed by atoms with Crippen molar-refractivity contribution in [2.45, 2.75) is 13.3 Å². The van der Waals surface area contributed by atoms with Crippen molar-refractivity contribution in [3.63, 3.8) is 0 Å². The van der Waals surface area contributed by atoms with Gasteiger partial charge in [0.1, 0.15) is 5.52 Å². The van der Waals surface area contributed by atoms with Gasteiger partial charge < -0.3 is 19.4 Å². The van der Waals surface area contributed by atoms with Crippen LogP contribution in [-0.2, 0) is 11.2 Å². The van der Waals surface area contributed by atoms with E-state index in [2.05, 4.69) is 34.3 Å². The molecule has 0 spiro atoms. The molecule has 108 valence electrons. The molecule has 0 amide bonds. The van der Waals surface area contributed by atoms with Crippen LogP contribution in [0.2, 0.25) is 0 Å². The molecule has 2 heterocycles. The van der Waals surface area contributed by atoms with E-state index in [1.165, 1.54) is 5.69 Å². The highest BCUT2D eigenvalue weighted by Gasteiger charge is 2.15. The van der Waals surface area contributed by atoms with Gasteiger partial charge in [-0.15, -0.1) is 0 Å². The summed E-state index contributed by atoms with van der Waals surface area (Å²) in [7, 11) is 1.69. The van der Waals surface area contributed by atoms with Crippen LogP contribution in [0.4, 0.5) is 5.69 Å². The maximum absolute atomic E-state index is 5.82. The zero-order valence-corrected chi connectivity index (χ0v) is 12.1. The van der Waals surface area contributed by atoms with E-state index in [4.69, 9.17) is 9.15 Å². The van der Waals surface area contributed by atoms with Crippen LogP contribution >= 0.6 is 0 Å². The number of fused-ring (bicyclic) bond motifs is 1. The summed E-state index contributed by atoms with van der Waals surface area (Å²) < 4.78 is 10.9. The number of oxazole rings is 1. The molecule has 0 saturated carbocycles. The molecule has 1 aliphatic rings. The van der Waals surface area contributed by atoms with Gasteiger partial charge in [0.2, 0.25) is 0 Å². The maximum atomic E-state index is 5.82. The van der Waals surface area contributed by atoms with Gasteiger partial charge in [-0.05, 0) is 24.6 Å². The average molecular weight is 275 g/mol. The molecule has 1 aliphatic heterocycles. The lowest BCUT2D eigenvalue weighted by Gasteiger charge is -2.29. The van der Waals surface area contributed by atoms with Crippen LogP contribution < -0.4 is 10.2 Å². The van der Waals surface area contributed by atoms with Crippen molar-refractivity contribution in [2.75, 3.05) is 44.8 Å². The van der Waals surface area contributed by atoms with E-state index in [1.807, 2.05) is 0 Å². The lowest BCUT2D eigenvalue weighted by atomic mass is 10.1. The molecule has 0 atom stereocenters. The Morgan fingerprint density at radius 1 is 1.35 bits per heavy atom. The van der Waals surface area contributed by atoms with Crippen molar-refractivity contribution < 1.29 is 9.15 Å². The predicted molar refractivity (Wildman–Crippen MR) is 79.4 cm³/mol. The second kappa shape index (κ2) is 5.81. The first-order chi connectivity index (χ1) is 9.78. The number of benzene rings is 1. The molecule has 0 bridgehead atoms. The fourth-order valence-corrected chi connectivity index (χ4v) is 2.63. The number of ether oxygens (including phenoxy) is 1. The molecule has 0 unspecified atom stereocenters. The van der Waals surface area contributed by atoms with Gasteiger partial charge in [0.05, 0.1) is 6.61 Å². The number of hydrogen-bond acceptors (Lipinski definition) is 5. The lowest BCUT2D eigenvalue weighted by molar-refractivity contribution is 0.196. The molecule has 20 heavy (non-hydrogen) atoms. The highest BCUT2D eigenvalue weighted by Crippen LogP contribution is 2.27. The monoisotopic (exact) mass is 275 g/mol. The number of rotatable bonds is 4. The summed E-state index contributed by atoms with van der Waals surface area (Å²) in [4.78, 5) is 6.97. The minimum absolute atomic E-state index is 0.635. The van der Waals surface area contributed by atoms with Crippen molar-refractivity contribution in [2.24, 2.45) is 0 Å². The number of aromatic nitrogens is 1. The zero-order chi connectivity index (χ0) is 13.9. The van der Waals surface area contributed by atoms with Crippen LogP contribution in [0.5, 0.6) is 0 Å². The van der Waals surface area contributed by atoms with Gasteiger partial charge in [0, 0.05) is 45.4 Å². The molecular weight excluding hydrogens is 254 g/mol. The van der Waals surface area contributed by atoms with Crippen molar-refractivity contribution in [3.05, 3.63) is 23.6 Å². The molecule has 5 heteroatoms. The molecular formula is C15H21N3O2. The minimum atomic E-state index is 0.635. The van der Waals surface area contributed by atoms with Crippen LogP contribution in [0.25, 0.3) is 11.1 Å². The highest BCUT2D eigenvalue weighted by molar-refractivity contribution is 5.81. The van der Waals surface area contributed by atoms with E-state index in [9.17, 15) is 0 Å². The third-order valence-electron chi connectivity index (χ3n) is 3.71. The van der Waals surface area contributed by atoms with E-state index >= 15 is 0 Å². The predicted octanol–water partition coefficient (Wildman–Crippen LogP) is 1.73. The molecule has 2 aromatic rings. The maximum Gasteiger partial charge on any atom is 0.197 e. The summed E-state index contributed by atoms with van der Waals surface area (Å²) >= 11 is 0. The van der Waals surface area contributed by atoms with Gasteiger partial charge >= 0.3 is 0 Å². The SMILES string of the molecule is COCCc1nc2cc(N3CCNCC3)cc(C)c2o1. The Labute approximate surface area is 118 Å². The van der Waals surface area contributed by atoms with Gasteiger partial charge in [-0.2, -0.15) is 0 Å². The second-order valence-electron chi connectivity index (χ2n) is 5.20. The van der Waals surface area contributed by atoms with Crippen LogP contribution in [0.3, 0.4) is 0 Å². The van der Waals surface area contributed by atoms with Crippen LogP contribution in [-0.4, -0.2) is 44.9 Å². The number of aryl methyl sites for hydroxylation is 1. The molecule has 1 aromatic carbocycles. The van der Waals surface area contributed by atoms with Crippen LogP contribution in [0.1, 0.15) is 11.5 Å².